The number of morpholine rings is 1. The largest absolute Gasteiger partial charge is 0.378 e. The van der Waals surface area contributed by atoms with Gasteiger partial charge < -0.3 is 24.4 Å². The number of carbonyl (C=O) groups is 1. The zero-order chi connectivity index (χ0) is 21.3. The van der Waals surface area contributed by atoms with Crippen LogP contribution in [-0.2, 0) is 23.1 Å². The summed E-state index contributed by atoms with van der Waals surface area (Å²) in [5.41, 5.74) is 0. The number of nitrogens with zero attached hydrogens (tertiary/aromatic N) is 7. The number of aliphatic imine (C=N–C) groups is 1. The van der Waals surface area contributed by atoms with E-state index in [0.717, 1.165) is 63.2 Å². The molecule has 1 N–H and O–H groups in total. The molecule has 30 heavy (non-hydrogen) atoms. The van der Waals surface area contributed by atoms with Crippen LogP contribution in [0.25, 0.3) is 0 Å². The zero-order valence-corrected chi connectivity index (χ0v) is 18.6. The fourth-order valence-electron chi connectivity index (χ4n) is 3.60. The number of ether oxygens (including phenoxy) is 1. The zero-order valence-electron chi connectivity index (χ0n) is 18.6. The number of nitrogens with one attached hydrogen (secondary N) is 1. The number of carbonyl (C=O) groups excluding carboxylic acids is 1. The van der Waals surface area contributed by atoms with Gasteiger partial charge in [0.15, 0.2) is 11.8 Å². The molecule has 0 bridgehead atoms. The molecule has 0 aromatic carbocycles. The van der Waals surface area contributed by atoms with E-state index in [1.807, 2.05) is 23.4 Å². The SMILES string of the molecule is CCCCNC(=NCc1nnc(C)n1C)N1CCN(CC(=O)N2CCOCC2)CC1. The van der Waals surface area contributed by atoms with Crippen LogP contribution in [0, 0.1) is 6.92 Å². The minimum Gasteiger partial charge on any atom is -0.378 e. The van der Waals surface area contributed by atoms with Crippen molar-refractivity contribution in [3.8, 4) is 0 Å². The first kappa shape index (κ1) is 22.5. The number of unbranched alkanes of at least 4 members (excludes halogenated alkanes) is 1. The summed E-state index contributed by atoms with van der Waals surface area (Å²) in [6, 6.07) is 0. The van der Waals surface area contributed by atoms with Crippen molar-refractivity contribution >= 4 is 11.9 Å². The molecule has 10 heteroatoms. The summed E-state index contributed by atoms with van der Waals surface area (Å²) < 4.78 is 7.31. The number of guanidine groups is 1. The number of piperazine rings is 1. The molecule has 1 amide bonds. The van der Waals surface area contributed by atoms with Gasteiger partial charge in [0, 0.05) is 52.9 Å². The Balaban J connectivity index is 1.53. The van der Waals surface area contributed by atoms with Crippen molar-refractivity contribution in [1.82, 2.24) is 34.8 Å². The maximum atomic E-state index is 12.5. The summed E-state index contributed by atoms with van der Waals surface area (Å²) in [6.45, 7) is 12.1. The first-order valence-electron chi connectivity index (χ1n) is 11.0. The van der Waals surface area contributed by atoms with Crippen LogP contribution in [0.2, 0.25) is 0 Å². The van der Waals surface area contributed by atoms with Crippen LogP contribution in [0.15, 0.2) is 4.99 Å². The van der Waals surface area contributed by atoms with E-state index in [2.05, 4.69) is 32.2 Å². The van der Waals surface area contributed by atoms with E-state index in [0.29, 0.717) is 39.4 Å². The fraction of sp³-hybridized carbons (Fsp3) is 0.800. The van der Waals surface area contributed by atoms with Crippen LogP contribution in [-0.4, -0.2) is 107 Å². The first-order valence-corrected chi connectivity index (χ1v) is 11.0. The molecule has 2 saturated heterocycles. The molecule has 2 aliphatic rings. The highest BCUT2D eigenvalue weighted by molar-refractivity contribution is 5.80. The predicted octanol–water partition coefficient (Wildman–Crippen LogP) is -0.154. The Hall–Kier alpha value is -2.20. The van der Waals surface area contributed by atoms with Crippen molar-refractivity contribution < 1.29 is 9.53 Å². The molecule has 3 rings (SSSR count). The lowest BCUT2D eigenvalue weighted by Crippen LogP contribution is -2.55. The van der Waals surface area contributed by atoms with Gasteiger partial charge in [-0.05, 0) is 13.3 Å². The second-order valence-electron chi connectivity index (χ2n) is 7.90. The molecular weight excluding hydrogens is 384 g/mol. The summed E-state index contributed by atoms with van der Waals surface area (Å²) in [4.78, 5) is 23.8. The van der Waals surface area contributed by atoms with Gasteiger partial charge in [-0.25, -0.2) is 4.99 Å². The molecule has 0 aliphatic carbocycles. The lowest BCUT2D eigenvalue weighted by molar-refractivity contribution is -0.136. The van der Waals surface area contributed by atoms with Gasteiger partial charge in [-0.3, -0.25) is 9.69 Å². The topological polar surface area (TPSA) is 91.1 Å². The molecule has 0 spiro atoms. The third kappa shape index (κ3) is 6.15. The van der Waals surface area contributed by atoms with E-state index in [4.69, 9.17) is 9.73 Å². The highest BCUT2D eigenvalue weighted by Crippen LogP contribution is 2.07. The van der Waals surface area contributed by atoms with Gasteiger partial charge in [-0.1, -0.05) is 13.3 Å². The Morgan fingerprint density at radius 3 is 2.47 bits per heavy atom. The third-order valence-electron chi connectivity index (χ3n) is 5.76. The molecule has 1 aromatic rings. The van der Waals surface area contributed by atoms with E-state index in [9.17, 15) is 4.79 Å². The van der Waals surface area contributed by atoms with E-state index in [-0.39, 0.29) is 5.91 Å². The summed E-state index contributed by atoms with van der Waals surface area (Å²) in [5.74, 6) is 2.87. The Morgan fingerprint density at radius 2 is 1.83 bits per heavy atom. The van der Waals surface area contributed by atoms with Crippen LogP contribution >= 0.6 is 0 Å². The standard InChI is InChI=1S/C20H36N8O2/c1-4-5-6-21-20(22-15-18-24-23-17(2)25(18)3)28-9-7-26(8-10-28)16-19(29)27-11-13-30-14-12-27/h4-16H2,1-3H3,(H,21,22). The maximum absolute atomic E-state index is 12.5. The molecule has 168 valence electrons. The third-order valence-corrected chi connectivity index (χ3v) is 5.76. The minimum absolute atomic E-state index is 0.208. The number of hydrogen-bond donors (Lipinski definition) is 1. The van der Waals surface area contributed by atoms with Gasteiger partial charge in [-0.15, -0.1) is 10.2 Å². The van der Waals surface area contributed by atoms with Crippen LogP contribution in [0.1, 0.15) is 31.4 Å². The number of aryl methyl sites for hydroxylation is 1. The molecule has 0 radical (unpaired) electrons. The van der Waals surface area contributed by atoms with Crippen LogP contribution in [0.5, 0.6) is 0 Å². The molecule has 0 saturated carbocycles. The van der Waals surface area contributed by atoms with E-state index < -0.39 is 0 Å². The Bertz CT molecular complexity index is 706. The lowest BCUT2D eigenvalue weighted by Gasteiger charge is -2.37. The summed E-state index contributed by atoms with van der Waals surface area (Å²) >= 11 is 0. The molecule has 1 aromatic heterocycles. The Morgan fingerprint density at radius 1 is 1.10 bits per heavy atom. The molecular formula is C20H36N8O2. The van der Waals surface area contributed by atoms with Gasteiger partial charge in [0.25, 0.3) is 0 Å². The van der Waals surface area contributed by atoms with Gasteiger partial charge in [-0.2, -0.15) is 0 Å². The van der Waals surface area contributed by atoms with Gasteiger partial charge >= 0.3 is 0 Å². The van der Waals surface area contributed by atoms with Crippen molar-refractivity contribution in [3.05, 3.63) is 11.6 Å². The minimum atomic E-state index is 0.208. The molecule has 0 atom stereocenters. The summed E-state index contributed by atoms with van der Waals surface area (Å²) in [6.07, 6.45) is 2.25. The van der Waals surface area contributed by atoms with Crippen molar-refractivity contribution in [2.45, 2.75) is 33.2 Å². The van der Waals surface area contributed by atoms with Gasteiger partial charge in [0.2, 0.25) is 5.91 Å². The summed E-state index contributed by atoms with van der Waals surface area (Å²) in [5, 5.41) is 11.8. The van der Waals surface area contributed by atoms with Crippen molar-refractivity contribution in [2.75, 3.05) is 65.6 Å². The second kappa shape index (κ2) is 11.3. The lowest BCUT2D eigenvalue weighted by atomic mass is 10.3. The Kier molecular flexibility index (Phi) is 8.44. The molecule has 0 unspecified atom stereocenters. The van der Waals surface area contributed by atoms with Crippen molar-refractivity contribution in [2.24, 2.45) is 12.0 Å². The average molecular weight is 421 g/mol. The van der Waals surface area contributed by atoms with Crippen LogP contribution < -0.4 is 5.32 Å². The normalized spacial score (nSPS) is 18.7. The van der Waals surface area contributed by atoms with E-state index >= 15 is 0 Å². The second-order valence-corrected chi connectivity index (χ2v) is 7.90. The van der Waals surface area contributed by atoms with E-state index in [1.54, 1.807) is 0 Å². The molecule has 3 heterocycles. The highest BCUT2D eigenvalue weighted by Gasteiger charge is 2.24. The molecule has 2 aliphatic heterocycles. The first-order chi connectivity index (χ1) is 14.6. The molecule has 10 nitrogen and oxygen atoms in total. The number of rotatable bonds is 7. The predicted molar refractivity (Wildman–Crippen MR) is 115 cm³/mol. The number of hydrogen-bond acceptors (Lipinski definition) is 6. The fourth-order valence-corrected chi connectivity index (χ4v) is 3.60. The Labute approximate surface area is 179 Å². The quantitative estimate of drug-likeness (QED) is 0.373. The summed E-state index contributed by atoms with van der Waals surface area (Å²) in [7, 11) is 1.97. The maximum Gasteiger partial charge on any atom is 0.236 e. The average Bonchev–Trinajstić information content (AvgIpc) is 3.09. The highest BCUT2D eigenvalue weighted by atomic mass is 16.5. The van der Waals surface area contributed by atoms with Gasteiger partial charge in [0.1, 0.15) is 12.4 Å². The number of aromatic nitrogens is 3. The number of amides is 1. The van der Waals surface area contributed by atoms with Gasteiger partial charge in [0.05, 0.1) is 19.8 Å². The molecule has 2 fully saturated rings. The van der Waals surface area contributed by atoms with Crippen molar-refractivity contribution in [3.63, 3.8) is 0 Å². The monoisotopic (exact) mass is 420 g/mol. The van der Waals surface area contributed by atoms with Crippen molar-refractivity contribution in [1.29, 1.82) is 0 Å². The van der Waals surface area contributed by atoms with E-state index in [1.165, 1.54) is 0 Å². The van der Waals surface area contributed by atoms with Crippen LogP contribution in [0.3, 0.4) is 0 Å². The van der Waals surface area contributed by atoms with Crippen LogP contribution in [0.4, 0.5) is 0 Å². The smallest absolute Gasteiger partial charge is 0.236 e.